The van der Waals surface area contributed by atoms with Gasteiger partial charge >= 0.3 is 5.97 Å². The molecule has 1 atom stereocenters. The van der Waals surface area contributed by atoms with Gasteiger partial charge in [-0.3, -0.25) is 4.79 Å². The van der Waals surface area contributed by atoms with Gasteiger partial charge in [-0.15, -0.1) is 10.2 Å². The maximum absolute atomic E-state index is 11.9. The van der Waals surface area contributed by atoms with Crippen LogP contribution in [0.15, 0.2) is 6.07 Å². The molecule has 0 radical (unpaired) electrons. The normalized spacial score (nSPS) is 12.3. The van der Waals surface area contributed by atoms with Crippen molar-refractivity contribution >= 4 is 35.1 Å². The molecule has 0 bridgehead atoms. The van der Waals surface area contributed by atoms with Gasteiger partial charge < -0.3 is 10.4 Å². The van der Waals surface area contributed by atoms with Crippen LogP contribution in [0.1, 0.15) is 30.6 Å². The van der Waals surface area contributed by atoms with E-state index in [-0.39, 0.29) is 21.8 Å². The zero-order valence-electron chi connectivity index (χ0n) is 10.4. The Bertz CT molecular complexity index is 494. The summed E-state index contributed by atoms with van der Waals surface area (Å²) >= 11 is 11.3. The van der Waals surface area contributed by atoms with E-state index in [0.29, 0.717) is 6.42 Å². The molecule has 1 rings (SSSR count). The van der Waals surface area contributed by atoms with Crippen molar-refractivity contribution in [1.82, 2.24) is 15.5 Å². The van der Waals surface area contributed by atoms with Crippen LogP contribution >= 0.6 is 23.2 Å². The summed E-state index contributed by atoms with van der Waals surface area (Å²) < 4.78 is 0. The quantitative estimate of drug-likeness (QED) is 0.868. The summed E-state index contributed by atoms with van der Waals surface area (Å²) in [6.07, 6.45) is 0.310. The first kappa shape index (κ1) is 15.7. The van der Waals surface area contributed by atoms with E-state index >= 15 is 0 Å². The molecule has 1 unspecified atom stereocenters. The lowest BCUT2D eigenvalue weighted by atomic mass is 10.0. The van der Waals surface area contributed by atoms with E-state index in [1.165, 1.54) is 6.07 Å². The van der Waals surface area contributed by atoms with Crippen LogP contribution in [0.25, 0.3) is 0 Å². The van der Waals surface area contributed by atoms with E-state index < -0.39 is 17.9 Å². The van der Waals surface area contributed by atoms with E-state index in [1.807, 2.05) is 13.8 Å². The fraction of sp³-hybridized carbons (Fsp3) is 0.455. The summed E-state index contributed by atoms with van der Waals surface area (Å²) in [4.78, 5) is 23.0. The molecule has 0 aliphatic heterocycles. The van der Waals surface area contributed by atoms with Crippen molar-refractivity contribution in [2.45, 2.75) is 26.3 Å². The molecule has 0 aliphatic carbocycles. The van der Waals surface area contributed by atoms with Crippen LogP contribution in [0, 0.1) is 5.92 Å². The summed E-state index contributed by atoms with van der Waals surface area (Å²) in [5, 5.41) is 18.3. The van der Waals surface area contributed by atoms with E-state index in [0.717, 1.165) is 0 Å². The van der Waals surface area contributed by atoms with Gasteiger partial charge in [-0.25, -0.2) is 4.79 Å². The number of aromatic nitrogens is 2. The third kappa shape index (κ3) is 4.65. The van der Waals surface area contributed by atoms with Crippen molar-refractivity contribution in [2.24, 2.45) is 5.92 Å². The van der Waals surface area contributed by atoms with Crippen LogP contribution in [0.3, 0.4) is 0 Å². The molecule has 2 N–H and O–H groups in total. The fourth-order valence-electron chi connectivity index (χ4n) is 1.44. The minimum absolute atomic E-state index is 0.00308. The van der Waals surface area contributed by atoms with Crippen molar-refractivity contribution < 1.29 is 14.7 Å². The maximum Gasteiger partial charge on any atom is 0.326 e. The average Bonchev–Trinajstić information content (AvgIpc) is 2.30. The lowest BCUT2D eigenvalue weighted by molar-refractivity contribution is -0.139. The largest absolute Gasteiger partial charge is 0.480 e. The monoisotopic (exact) mass is 305 g/mol. The third-order valence-corrected chi connectivity index (χ3v) is 2.74. The third-order valence-electron chi connectivity index (χ3n) is 2.27. The molecule has 0 fully saturated rings. The van der Waals surface area contributed by atoms with E-state index in [2.05, 4.69) is 15.5 Å². The second kappa shape index (κ2) is 6.68. The molecule has 19 heavy (non-hydrogen) atoms. The molecule has 0 aliphatic rings. The maximum atomic E-state index is 11.9. The van der Waals surface area contributed by atoms with Crippen molar-refractivity contribution in [3.8, 4) is 0 Å². The Kier molecular flexibility index (Phi) is 5.50. The summed E-state index contributed by atoms with van der Waals surface area (Å²) in [6.45, 7) is 3.72. The van der Waals surface area contributed by atoms with Gasteiger partial charge in [0.05, 0.1) is 5.56 Å². The second-order valence-electron chi connectivity index (χ2n) is 4.37. The topological polar surface area (TPSA) is 92.2 Å². The van der Waals surface area contributed by atoms with Crippen LogP contribution < -0.4 is 5.32 Å². The van der Waals surface area contributed by atoms with Crippen molar-refractivity contribution in [1.29, 1.82) is 0 Å². The molecule has 104 valence electrons. The van der Waals surface area contributed by atoms with E-state index in [9.17, 15) is 9.59 Å². The van der Waals surface area contributed by atoms with Crippen LogP contribution in [0.4, 0.5) is 0 Å². The predicted molar refractivity (Wildman–Crippen MR) is 70.4 cm³/mol. The van der Waals surface area contributed by atoms with Crippen molar-refractivity contribution in [3.63, 3.8) is 0 Å². The molecular formula is C11H13Cl2N3O3. The Morgan fingerprint density at radius 2 is 2.00 bits per heavy atom. The zero-order chi connectivity index (χ0) is 14.6. The standard InChI is InChI=1S/C11H13Cl2N3O3/c1-5(2)3-7(11(18)19)14-10(17)6-4-8(12)15-16-9(6)13/h4-5,7H,3H2,1-2H3,(H,14,17)(H,18,19). The number of nitrogens with zero attached hydrogens (tertiary/aromatic N) is 2. The van der Waals surface area contributed by atoms with Gasteiger partial charge in [0.25, 0.3) is 5.91 Å². The first-order valence-electron chi connectivity index (χ1n) is 5.53. The Hall–Kier alpha value is -1.40. The molecule has 1 aromatic rings. The molecule has 0 saturated carbocycles. The van der Waals surface area contributed by atoms with Gasteiger partial charge in [-0.05, 0) is 18.4 Å². The lowest BCUT2D eigenvalue weighted by Crippen LogP contribution is -2.41. The number of nitrogens with one attached hydrogen (secondary N) is 1. The number of carboxylic acids is 1. The van der Waals surface area contributed by atoms with Crippen molar-refractivity contribution in [2.75, 3.05) is 0 Å². The van der Waals surface area contributed by atoms with Gasteiger partial charge in [0.2, 0.25) is 0 Å². The predicted octanol–water partition coefficient (Wildman–Crippen LogP) is 2.01. The number of amides is 1. The van der Waals surface area contributed by atoms with Crippen LogP contribution in [-0.4, -0.2) is 33.2 Å². The fourth-order valence-corrected chi connectivity index (χ4v) is 1.77. The summed E-state index contributed by atoms with van der Waals surface area (Å²) in [7, 11) is 0. The highest BCUT2D eigenvalue weighted by molar-refractivity contribution is 6.34. The number of carbonyl (C=O) groups excluding carboxylic acids is 1. The molecule has 6 nitrogen and oxygen atoms in total. The minimum atomic E-state index is -1.11. The van der Waals surface area contributed by atoms with E-state index in [4.69, 9.17) is 28.3 Å². The lowest BCUT2D eigenvalue weighted by Gasteiger charge is -2.16. The minimum Gasteiger partial charge on any atom is -0.480 e. The van der Waals surface area contributed by atoms with Gasteiger partial charge in [-0.2, -0.15) is 0 Å². The second-order valence-corrected chi connectivity index (χ2v) is 5.11. The highest BCUT2D eigenvalue weighted by Crippen LogP contribution is 2.16. The molecule has 0 aromatic carbocycles. The summed E-state index contributed by atoms with van der Waals surface area (Å²) in [6, 6.07) is 0.246. The Morgan fingerprint density at radius 3 is 2.53 bits per heavy atom. The van der Waals surface area contributed by atoms with Crippen LogP contribution in [0.5, 0.6) is 0 Å². The Balaban J connectivity index is 2.87. The molecule has 8 heteroatoms. The molecular weight excluding hydrogens is 293 g/mol. The smallest absolute Gasteiger partial charge is 0.326 e. The number of hydrogen-bond donors (Lipinski definition) is 2. The highest BCUT2D eigenvalue weighted by atomic mass is 35.5. The zero-order valence-corrected chi connectivity index (χ0v) is 11.9. The number of carboxylic acid groups (broad SMARTS) is 1. The molecule has 1 heterocycles. The number of hydrogen-bond acceptors (Lipinski definition) is 4. The van der Waals surface area contributed by atoms with Crippen LogP contribution in [0.2, 0.25) is 10.3 Å². The van der Waals surface area contributed by atoms with Gasteiger partial charge in [0.1, 0.15) is 6.04 Å². The number of halogens is 2. The Morgan fingerprint density at radius 1 is 1.37 bits per heavy atom. The SMILES string of the molecule is CC(C)CC(NC(=O)c1cc(Cl)nnc1Cl)C(=O)O. The molecule has 0 saturated heterocycles. The first-order valence-corrected chi connectivity index (χ1v) is 6.29. The van der Waals surface area contributed by atoms with Gasteiger partial charge in [0.15, 0.2) is 10.3 Å². The first-order chi connectivity index (χ1) is 8.81. The highest BCUT2D eigenvalue weighted by Gasteiger charge is 2.23. The molecule has 1 aromatic heterocycles. The van der Waals surface area contributed by atoms with E-state index in [1.54, 1.807) is 0 Å². The molecule has 1 amide bonds. The number of rotatable bonds is 5. The summed E-state index contributed by atoms with van der Waals surface area (Å²) in [5.41, 5.74) is -0.00308. The number of carbonyl (C=O) groups is 2. The van der Waals surface area contributed by atoms with Gasteiger partial charge in [-0.1, -0.05) is 37.0 Å². The average molecular weight is 306 g/mol. The summed E-state index contributed by atoms with van der Waals surface area (Å²) in [5.74, 6) is -1.63. The number of aliphatic carboxylic acids is 1. The van der Waals surface area contributed by atoms with Crippen molar-refractivity contribution in [3.05, 3.63) is 21.9 Å². The Labute approximate surface area is 120 Å². The van der Waals surface area contributed by atoms with Gasteiger partial charge in [0, 0.05) is 0 Å². The van der Waals surface area contributed by atoms with Crippen LogP contribution in [-0.2, 0) is 4.79 Å². The molecule has 0 spiro atoms.